The lowest BCUT2D eigenvalue weighted by atomic mass is 10.3. The molecule has 0 N–H and O–H groups in total. The molecule has 1 aromatic carbocycles. The Morgan fingerprint density at radius 3 is 2.58 bits per heavy atom. The van der Waals surface area contributed by atoms with Crippen molar-refractivity contribution in [3.05, 3.63) is 29.2 Å². The quantitative estimate of drug-likeness (QED) is 0.490. The second kappa shape index (κ2) is 4.00. The van der Waals surface area contributed by atoms with Crippen LogP contribution in [0.5, 0.6) is 5.75 Å². The number of hydrogen-bond acceptors (Lipinski definition) is 2. The van der Waals surface area contributed by atoms with E-state index < -0.39 is 0 Å². The van der Waals surface area contributed by atoms with E-state index in [1.807, 2.05) is 0 Å². The molecule has 0 bridgehead atoms. The van der Waals surface area contributed by atoms with Crippen LogP contribution in [0.25, 0.3) is 4.98 Å². The standard InChI is InChI=1S/C9H7N2O/c1-2-7-12-9-5-3-8(11-10)4-6-9/h1,3-6H,7H2/q+1. The molecular weight excluding hydrogens is 152 g/mol. The summed E-state index contributed by atoms with van der Waals surface area (Å²) in [6.07, 6.45) is 5.00. The highest BCUT2D eigenvalue weighted by molar-refractivity contribution is 5.46. The average molecular weight is 159 g/mol. The van der Waals surface area contributed by atoms with Crippen LogP contribution in [-0.2, 0) is 0 Å². The number of nitrogens with zero attached hydrogens (tertiary/aromatic N) is 2. The van der Waals surface area contributed by atoms with Gasteiger partial charge in [0.1, 0.15) is 12.4 Å². The van der Waals surface area contributed by atoms with Gasteiger partial charge in [0.05, 0.1) is 0 Å². The molecule has 0 saturated carbocycles. The van der Waals surface area contributed by atoms with Crippen LogP contribution < -0.4 is 4.74 Å². The Balaban J connectivity index is 2.68. The molecule has 0 aromatic heterocycles. The maximum Gasteiger partial charge on any atom is 0.385 e. The average Bonchev–Trinajstić information content (AvgIpc) is 2.15. The fourth-order valence-electron chi connectivity index (χ4n) is 0.734. The van der Waals surface area contributed by atoms with Gasteiger partial charge in [-0.1, -0.05) is 5.92 Å². The zero-order chi connectivity index (χ0) is 8.81. The fraction of sp³-hybridized carbons (Fsp3) is 0.111. The van der Waals surface area contributed by atoms with E-state index >= 15 is 0 Å². The van der Waals surface area contributed by atoms with Gasteiger partial charge in [-0.3, -0.25) is 0 Å². The molecule has 0 amide bonds. The normalized spacial score (nSPS) is 8.17. The van der Waals surface area contributed by atoms with E-state index in [0.717, 1.165) is 0 Å². The molecule has 0 fully saturated rings. The lowest BCUT2D eigenvalue weighted by molar-refractivity contribution is 0.370. The summed E-state index contributed by atoms with van der Waals surface area (Å²) in [4.78, 5) is 3.00. The molecule has 1 rings (SSSR count). The summed E-state index contributed by atoms with van der Waals surface area (Å²) in [6, 6.07) is 6.64. The Kier molecular flexibility index (Phi) is 2.70. The third-order valence-corrected chi connectivity index (χ3v) is 1.27. The van der Waals surface area contributed by atoms with Gasteiger partial charge in [-0.25, -0.2) is 0 Å². The maximum atomic E-state index is 8.36. The van der Waals surface area contributed by atoms with E-state index in [-0.39, 0.29) is 6.61 Å². The van der Waals surface area contributed by atoms with Crippen molar-refractivity contribution in [1.29, 1.82) is 5.39 Å². The summed E-state index contributed by atoms with van der Waals surface area (Å²) in [7, 11) is 0. The van der Waals surface area contributed by atoms with Crippen molar-refractivity contribution in [3.8, 4) is 18.1 Å². The first kappa shape index (κ1) is 8.10. The molecule has 0 atom stereocenters. The van der Waals surface area contributed by atoms with Crippen LogP contribution in [0.15, 0.2) is 24.3 Å². The van der Waals surface area contributed by atoms with E-state index in [2.05, 4.69) is 10.9 Å². The van der Waals surface area contributed by atoms with Gasteiger partial charge in [-0.15, -0.1) is 6.42 Å². The number of rotatable bonds is 2. The first-order chi connectivity index (χ1) is 5.86. The SMILES string of the molecule is C#CCOc1ccc([N+]#N)cc1. The highest BCUT2D eigenvalue weighted by Gasteiger charge is 2.01. The van der Waals surface area contributed by atoms with E-state index in [1.54, 1.807) is 24.3 Å². The third-order valence-electron chi connectivity index (χ3n) is 1.27. The summed E-state index contributed by atoms with van der Waals surface area (Å²) in [5.41, 5.74) is 0.489. The first-order valence-electron chi connectivity index (χ1n) is 3.38. The van der Waals surface area contributed by atoms with Gasteiger partial charge in [-0.05, 0) is 12.1 Å². The minimum absolute atomic E-state index is 0.246. The van der Waals surface area contributed by atoms with Crippen molar-refractivity contribution in [2.45, 2.75) is 0 Å². The van der Waals surface area contributed by atoms with Crippen LogP contribution in [0.3, 0.4) is 0 Å². The van der Waals surface area contributed by atoms with Crippen molar-refractivity contribution in [2.24, 2.45) is 0 Å². The number of benzene rings is 1. The van der Waals surface area contributed by atoms with E-state index in [4.69, 9.17) is 16.6 Å². The van der Waals surface area contributed by atoms with Crippen LogP contribution in [0.2, 0.25) is 0 Å². The van der Waals surface area contributed by atoms with Crippen molar-refractivity contribution < 1.29 is 4.74 Å². The highest BCUT2D eigenvalue weighted by Crippen LogP contribution is 2.17. The highest BCUT2D eigenvalue weighted by atomic mass is 16.5. The topological polar surface area (TPSA) is 37.4 Å². The lowest BCUT2D eigenvalue weighted by Crippen LogP contribution is -1.91. The predicted molar refractivity (Wildman–Crippen MR) is 45.5 cm³/mol. The molecule has 0 saturated heterocycles. The second-order valence-corrected chi connectivity index (χ2v) is 2.09. The van der Waals surface area contributed by atoms with E-state index in [1.165, 1.54) is 0 Å². The summed E-state index contributed by atoms with van der Waals surface area (Å²) in [5.74, 6) is 3.02. The largest absolute Gasteiger partial charge is 0.481 e. The van der Waals surface area contributed by atoms with E-state index in [0.29, 0.717) is 11.4 Å². The maximum absolute atomic E-state index is 8.36. The molecule has 0 heterocycles. The summed E-state index contributed by atoms with van der Waals surface area (Å²) in [5, 5.41) is 8.36. The zero-order valence-corrected chi connectivity index (χ0v) is 6.40. The van der Waals surface area contributed by atoms with Gasteiger partial charge in [0, 0.05) is 12.1 Å². The number of ether oxygens (including phenoxy) is 1. The molecule has 3 nitrogen and oxygen atoms in total. The number of terminal acetylenes is 1. The van der Waals surface area contributed by atoms with Gasteiger partial charge in [0.25, 0.3) is 0 Å². The molecule has 1 aromatic rings. The van der Waals surface area contributed by atoms with Gasteiger partial charge >= 0.3 is 5.69 Å². The van der Waals surface area contributed by atoms with Crippen LogP contribution >= 0.6 is 0 Å². The van der Waals surface area contributed by atoms with Crippen LogP contribution in [0.1, 0.15) is 0 Å². The molecule has 3 heteroatoms. The van der Waals surface area contributed by atoms with Crippen LogP contribution in [-0.4, -0.2) is 6.61 Å². The summed E-state index contributed by atoms with van der Waals surface area (Å²) < 4.78 is 5.10. The third kappa shape index (κ3) is 2.00. The van der Waals surface area contributed by atoms with Crippen molar-refractivity contribution in [2.75, 3.05) is 6.61 Å². The van der Waals surface area contributed by atoms with Gasteiger partial charge < -0.3 is 4.74 Å². The molecule has 58 valence electrons. The Morgan fingerprint density at radius 2 is 2.08 bits per heavy atom. The minimum Gasteiger partial charge on any atom is -0.481 e. The number of diazo groups is 1. The van der Waals surface area contributed by atoms with Gasteiger partial charge in [0.15, 0.2) is 4.98 Å². The van der Waals surface area contributed by atoms with Crippen molar-refractivity contribution >= 4 is 5.69 Å². The smallest absolute Gasteiger partial charge is 0.385 e. The van der Waals surface area contributed by atoms with E-state index in [9.17, 15) is 0 Å². The van der Waals surface area contributed by atoms with Crippen molar-refractivity contribution in [1.82, 2.24) is 0 Å². The summed E-state index contributed by atoms with van der Waals surface area (Å²) in [6.45, 7) is 0.246. The Morgan fingerprint density at radius 1 is 1.42 bits per heavy atom. The molecule has 0 aliphatic rings. The molecule has 12 heavy (non-hydrogen) atoms. The van der Waals surface area contributed by atoms with Crippen LogP contribution in [0, 0.1) is 17.7 Å². The number of hydrogen-bond donors (Lipinski definition) is 0. The Bertz CT molecular complexity index is 329. The fourth-order valence-corrected chi connectivity index (χ4v) is 0.734. The molecule has 0 aliphatic heterocycles. The van der Waals surface area contributed by atoms with Crippen molar-refractivity contribution in [3.63, 3.8) is 0 Å². The van der Waals surface area contributed by atoms with Crippen LogP contribution in [0.4, 0.5) is 5.69 Å². The lowest BCUT2D eigenvalue weighted by Gasteiger charge is -1.98. The molecule has 0 radical (unpaired) electrons. The van der Waals surface area contributed by atoms with Gasteiger partial charge in [0.2, 0.25) is 5.39 Å². The Hall–Kier alpha value is -2.00. The molecule has 0 aliphatic carbocycles. The Labute approximate surface area is 70.6 Å². The predicted octanol–water partition coefficient (Wildman–Crippen LogP) is 2.18. The molecule has 0 unspecified atom stereocenters. The zero-order valence-electron chi connectivity index (χ0n) is 6.40. The first-order valence-corrected chi connectivity index (χ1v) is 3.38. The molecule has 0 spiro atoms. The van der Waals surface area contributed by atoms with Gasteiger partial charge in [-0.2, -0.15) is 0 Å². The second-order valence-electron chi connectivity index (χ2n) is 2.09. The monoisotopic (exact) mass is 159 g/mol. The minimum atomic E-state index is 0.246. The molecular formula is C9H7N2O+. The summed E-state index contributed by atoms with van der Waals surface area (Å²) >= 11 is 0.